The topological polar surface area (TPSA) is 124 Å². The van der Waals surface area contributed by atoms with Crippen molar-refractivity contribution in [3.05, 3.63) is 51.6 Å². The highest BCUT2D eigenvalue weighted by Gasteiger charge is 2.14. The molecule has 0 aliphatic rings. The predicted octanol–water partition coefficient (Wildman–Crippen LogP) is 2.60. The first-order chi connectivity index (χ1) is 15.1. The lowest BCUT2D eigenvalue weighted by atomic mass is 10.1. The Hall–Kier alpha value is -2.21. The van der Waals surface area contributed by atoms with Crippen molar-refractivity contribution < 1.29 is 13.2 Å². The molecule has 1 amide bonds. The third kappa shape index (κ3) is 6.41. The van der Waals surface area contributed by atoms with Crippen molar-refractivity contribution in [1.29, 1.82) is 0 Å². The second kappa shape index (κ2) is 10.6. The van der Waals surface area contributed by atoms with E-state index in [2.05, 4.69) is 24.1 Å². The van der Waals surface area contributed by atoms with Crippen LogP contribution in [0.15, 0.2) is 50.6 Å². The van der Waals surface area contributed by atoms with Crippen molar-refractivity contribution in [3.8, 4) is 0 Å². The Morgan fingerprint density at radius 3 is 2.62 bits per heavy atom. The van der Waals surface area contributed by atoms with Crippen LogP contribution in [0, 0.1) is 5.92 Å². The molecule has 0 aliphatic carbocycles. The number of hydrogen-bond acceptors (Lipinski definition) is 7. The highest BCUT2D eigenvalue weighted by atomic mass is 32.2. The van der Waals surface area contributed by atoms with Crippen LogP contribution < -0.4 is 16.0 Å². The third-order valence-corrected chi connectivity index (χ3v) is 7.58. The van der Waals surface area contributed by atoms with Crippen LogP contribution >= 0.6 is 23.1 Å². The maximum Gasteiger partial charge on any atom is 0.272 e. The lowest BCUT2D eigenvalue weighted by molar-refractivity contribution is -0.118. The van der Waals surface area contributed by atoms with Crippen LogP contribution in [0.2, 0.25) is 0 Å². The van der Waals surface area contributed by atoms with Crippen LogP contribution in [0.5, 0.6) is 0 Å². The van der Waals surface area contributed by atoms with Crippen LogP contribution in [0.3, 0.4) is 0 Å². The zero-order valence-corrected chi connectivity index (χ0v) is 20.4. The molecule has 3 aromatic rings. The second-order valence-corrected chi connectivity index (χ2v) is 11.2. The molecule has 3 rings (SSSR count). The molecule has 2 heterocycles. The van der Waals surface area contributed by atoms with Crippen molar-refractivity contribution in [2.75, 3.05) is 12.3 Å². The van der Waals surface area contributed by atoms with Gasteiger partial charge in [0.05, 0.1) is 16.2 Å². The van der Waals surface area contributed by atoms with Crippen molar-refractivity contribution in [2.45, 2.75) is 43.3 Å². The first kappa shape index (κ1) is 24.4. The number of carbonyl (C=O) groups is 1. The Kier molecular flexibility index (Phi) is 8.10. The van der Waals surface area contributed by atoms with E-state index in [0.29, 0.717) is 40.8 Å². The summed E-state index contributed by atoms with van der Waals surface area (Å²) < 4.78 is 24.9. The number of thiophene rings is 1. The molecule has 0 bridgehead atoms. The monoisotopic (exact) mass is 494 g/mol. The van der Waals surface area contributed by atoms with Crippen LogP contribution in [0.4, 0.5) is 0 Å². The van der Waals surface area contributed by atoms with Crippen LogP contribution in [0.25, 0.3) is 10.2 Å². The standard InChI is InChI=1S/C21H26N4O4S3/c1-14(2)8-11-25-20(27)19-17(9-12-30-19)24-21(25)31-13-18(26)23-10-7-15-3-5-16(6-4-15)32(22,28)29/h3-6,9,12,14H,7-8,10-11,13H2,1-2H3,(H,23,26)(H2,22,28,29). The Morgan fingerprint density at radius 1 is 1.25 bits per heavy atom. The summed E-state index contributed by atoms with van der Waals surface area (Å²) in [6.07, 6.45) is 1.40. The van der Waals surface area contributed by atoms with E-state index in [4.69, 9.17) is 5.14 Å². The molecule has 0 atom stereocenters. The van der Waals surface area contributed by atoms with E-state index in [1.165, 1.54) is 35.2 Å². The smallest absolute Gasteiger partial charge is 0.272 e. The Morgan fingerprint density at radius 2 is 1.97 bits per heavy atom. The minimum atomic E-state index is -3.72. The molecule has 11 heteroatoms. The number of benzene rings is 1. The van der Waals surface area contributed by atoms with E-state index in [0.717, 1.165) is 12.0 Å². The molecule has 3 N–H and O–H groups in total. The lowest BCUT2D eigenvalue weighted by Gasteiger charge is -2.13. The first-order valence-corrected chi connectivity index (χ1v) is 13.6. The summed E-state index contributed by atoms with van der Waals surface area (Å²) in [6, 6.07) is 8.07. The van der Waals surface area contributed by atoms with E-state index in [-0.39, 0.29) is 22.1 Å². The molecule has 1 aromatic carbocycles. The molecular formula is C21H26N4O4S3. The van der Waals surface area contributed by atoms with Gasteiger partial charge in [0.2, 0.25) is 15.9 Å². The summed E-state index contributed by atoms with van der Waals surface area (Å²) in [5.74, 6) is 0.432. The number of nitrogens with one attached hydrogen (secondary N) is 1. The number of fused-ring (bicyclic) bond motifs is 1. The normalized spacial score (nSPS) is 11.9. The SMILES string of the molecule is CC(C)CCn1c(SCC(=O)NCCc2ccc(S(N)(=O)=O)cc2)nc2ccsc2c1=O. The largest absolute Gasteiger partial charge is 0.355 e. The molecule has 8 nitrogen and oxygen atoms in total. The average Bonchev–Trinajstić information content (AvgIpc) is 3.20. The zero-order valence-electron chi connectivity index (χ0n) is 17.9. The maximum atomic E-state index is 12.9. The number of sulfonamides is 1. The molecule has 0 aliphatic heterocycles. The zero-order chi connectivity index (χ0) is 23.3. The maximum absolute atomic E-state index is 12.9. The molecule has 0 fully saturated rings. The molecular weight excluding hydrogens is 468 g/mol. The molecule has 0 saturated heterocycles. The van der Waals surface area contributed by atoms with Crippen LogP contribution in [-0.4, -0.2) is 36.2 Å². The fraction of sp³-hybridized carbons (Fsp3) is 0.381. The number of rotatable bonds is 10. The van der Waals surface area contributed by atoms with Gasteiger partial charge in [-0.25, -0.2) is 18.5 Å². The summed E-state index contributed by atoms with van der Waals surface area (Å²) in [7, 11) is -3.72. The molecule has 2 aromatic heterocycles. The summed E-state index contributed by atoms with van der Waals surface area (Å²) in [5.41, 5.74) is 1.49. The molecule has 0 saturated carbocycles. The van der Waals surface area contributed by atoms with Gasteiger partial charge < -0.3 is 5.32 Å². The van der Waals surface area contributed by atoms with Gasteiger partial charge >= 0.3 is 0 Å². The van der Waals surface area contributed by atoms with Gasteiger partial charge in [-0.15, -0.1) is 11.3 Å². The minimum absolute atomic E-state index is 0.0558. The minimum Gasteiger partial charge on any atom is -0.355 e. The fourth-order valence-corrected chi connectivity index (χ4v) is 5.14. The average molecular weight is 495 g/mol. The molecule has 0 unspecified atom stereocenters. The number of aromatic nitrogens is 2. The number of nitrogens with two attached hydrogens (primary N) is 1. The van der Waals surface area contributed by atoms with Gasteiger partial charge in [-0.3, -0.25) is 14.2 Å². The van der Waals surface area contributed by atoms with Crippen molar-refractivity contribution in [2.24, 2.45) is 11.1 Å². The Labute approximate surface area is 195 Å². The van der Waals surface area contributed by atoms with E-state index in [1.807, 2.05) is 11.4 Å². The van der Waals surface area contributed by atoms with Crippen molar-refractivity contribution >= 4 is 49.2 Å². The van der Waals surface area contributed by atoms with E-state index in [1.54, 1.807) is 16.7 Å². The second-order valence-electron chi connectivity index (χ2n) is 7.75. The number of carbonyl (C=O) groups excluding carboxylic acids is 1. The van der Waals surface area contributed by atoms with Crippen molar-refractivity contribution in [1.82, 2.24) is 14.9 Å². The highest BCUT2D eigenvalue weighted by Crippen LogP contribution is 2.21. The van der Waals surface area contributed by atoms with E-state index in [9.17, 15) is 18.0 Å². The first-order valence-electron chi connectivity index (χ1n) is 10.1. The van der Waals surface area contributed by atoms with Gasteiger partial charge in [0.15, 0.2) is 5.16 Å². The van der Waals surface area contributed by atoms with Gasteiger partial charge in [0.1, 0.15) is 4.70 Å². The quantitative estimate of drug-likeness (QED) is 0.330. The summed E-state index contributed by atoms with van der Waals surface area (Å²) in [6.45, 7) is 5.18. The summed E-state index contributed by atoms with van der Waals surface area (Å²) in [5, 5.41) is 10.3. The number of primary sulfonamides is 1. The third-order valence-electron chi connectivity index (χ3n) is 4.78. The van der Waals surface area contributed by atoms with E-state index >= 15 is 0 Å². The van der Waals surface area contributed by atoms with Crippen LogP contribution in [-0.2, 0) is 27.8 Å². The Bertz CT molecular complexity index is 1250. The van der Waals surface area contributed by atoms with Crippen LogP contribution in [0.1, 0.15) is 25.8 Å². The molecule has 172 valence electrons. The highest BCUT2D eigenvalue weighted by molar-refractivity contribution is 7.99. The lowest BCUT2D eigenvalue weighted by Crippen LogP contribution is -2.28. The van der Waals surface area contributed by atoms with Gasteiger partial charge in [0, 0.05) is 13.1 Å². The van der Waals surface area contributed by atoms with Gasteiger partial charge in [-0.1, -0.05) is 37.7 Å². The van der Waals surface area contributed by atoms with E-state index < -0.39 is 10.0 Å². The summed E-state index contributed by atoms with van der Waals surface area (Å²) in [4.78, 5) is 29.8. The van der Waals surface area contributed by atoms with Gasteiger partial charge in [-0.2, -0.15) is 0 Å². The molecule has 0 spiro atoms. The molecule has 0 radical (unpaired) electrons. The number of nitrogens with zero attached hydrogens (tertiary/aromatic N) is 2. The number of hydrogen-bond donors (Lipinski definition) is 2. The predicted molar refractivity (Wildman–Crippen MR) is 129 cm³/mol. The number of thioether (sulfide) groups is 1. The molecule has 32 heavy (non-hydrogen) atoms. The van der Waals surface area contributed by atoms with Crippen molar-refractivity contribution in [3.63, 3.8) is 0 Å². The fourth-order valence-electron chi connectivity index (χ4n) is 2.99. The van der Waals surface area contributed by atoms with Gasteiger partial charge in [0.25, 0.3) is 5.56 Å². The summed E-state index contributed by atoms with van der Waals surface area (Å²) >= 11 is 2.64. The Balaban J connectivity index is 1.58. The number of amides is 1. The van der Waals surface area contributed by atoms with Gasteiger partial charge in [-0.05, 0) is 47.9 Å².